The van der Waals surface area contributed by atoms with E-state index < -0.39 is 5.76 Å². The molecule has 0 aliphatic heterocycles. The van der Waals surface area contributed by atoms with Gasteiger partial charge in [-0.15, -0.1) is 10.2 Å². The molecule has 0 aliphatic rings. The molecule has 0 aliphatic carbocycles. The third-order valence-corrected chi connectivity index (χ3v) is 6.32. The van der Waals surface area contributed by atoms with Crippen LogP contribution >= 0.6 is 23.5 Å². The summed E-state index contributed by atoms with van der Waals surface area (Å²) in [5.74, 6) is -2.69. The molecule has 11 heteroatoms. The summed E-state index contributed by atoms with van der Waals surface area (Å²) < 4.78 is 40.7. The zero-order valence-electron chi connectivity index (χ0n) is 17.6. The minimum Gasteiger partial charge on any atom is -0.324 e. The van der Waals surface area contributed by atoms with Crippen LogP contribution in [0.3, 0.4) is 0 Å². The second kappa shape index (κ2) is 10.9. The highest BCUT2D eigenvalue weighted by Gasteiger charge is 2.22. The summed E-state index contributed by atoms with van der Waals surface area (Å²) in [7, 11) is 3.81. The first-order chi connectivity index (χ1) is 15.3. The van der Waals surface area contributed by atoms with Crippen molar-refractivity contribution >= 4 is 35.1 Å². The zero-order chi connectivity index (χ0) is 23.3. The maximum atomic E-state index is 13.4. The van der Waals surface area contributed by atoms with E-state index in [9.17, 15) is 18.0 Å². The van der Waals surface area contributed by atoms with E-state index in [1.54, 1.807) is 34.9 Å². The van der Waals surface area contributed by atoms with Crippen molar-refractivity contribution in [1.29, 1.82) is 0 Å². The number of rotatable bonds is 9. The number of amides is 1. The number of halogens is 3. The molecule has 1 N–H and O–H groups in total. The van der Waals surface area contributed by atoms with E-state index in [1.807, 2.05) is 25.9 Å². The van der Waals surface area contributed by atoms with Gasteiger partial charge in [0.2, 0.25) is 5.91 Å². The van der Waals surface area contributed by atoms with Crippen molar-refractivity contribution in [3.05, 3.63) is 60.2 Å². The molecule has 170 valence electrons. The molecule has 2 aromatic carbocycles. The second-order valence-corrected chi connectivity index (χ2v) is 8.98. The lowest BCUT2D eigenvalue weighted by atomic mass is 10.2. The van der Waals surface area contributed by atoms with E-state index in [0.717, 1.165) is 11.8 Å². The maximum Gasteiger partial charge on any atom is 0.288 e. The second-order valence-electron chi connectivity index (χ2n) is 7.00. The number of nitrogens with one attached hydrogen (secondary N) is 1. The van der Waals surface area contributed by atoms with Crippen molar-refractivity contribution in [2.75, 3.05) is 25.2 Å². The van der Waals surface area contributed by atoms with Crippen LogP contribution in [0.5, 0.6) is 0 Å². The molecule has 0 saturated heterocycles. The fraction of sp³-hybridized carbons (Fsp3) is 0.286. The normalized spacial score (nSPS) is 12.4. The molecular weight excluding hydrogens is 459 g/mol. The first-order valence-corrected chi connectivity index (χ1v) is 11.5. The van der Waals surface area contributed by atoms with Gasteiger partial charge in [-0.05, 0) is 57.4 Å². The van der Waals surface area contributed by atoms with Crippen LogP contribution < -0.4 is 5.32 Å². The summed E-state index contributed by atoms with van der Waals surface area (Å²) in [6.07, 6.45) is 0. The average Bonchev–Trinajstić information content (AvgIpc) is 3.17. The number of thioether (sulfide) groups is 2. The Kier molecular flexibility index (Phi) is 8.21. The van der Waals surface area contributed by atoms with E-state index >= 15 is 0 Å². The molecule has 0 spiro atoms. The molecule has 0 radical (unpaired) electrons. The topological polar surface area (TPSA) is 63.1 Å². The monoisotopic (exact) mass is 481 g/mol. The molecule has 3 rings (SSSR count). The fourth-order valence-electron chi connectivity index (χ4n) is 2.79. The van der Waals surface area contributed by atoms with Crippen molar-refractivity contribution in [2.45, 2.75) is 28.8 Å². The predicted molar refractivity (Wildman–Crippen MR) is 121 cm³/mol. The lowest BCUT2D eigenvalue weighted by molar-refractivity contribution is -0.113. The highest BCUT2D eigenvalue weighted by molar-refractivity contribution is 8.00. The third kappa shape index (κ3) is 6.05. The number of hydrogen-bond acceptors (Lipinski definition) is 6. The van der Waals surface area contributed by atoms with Crippen LogP contribution in [0.15, 0.2) is 58.6 Å². The SMILES string of the molecule is CC(c1nnc(SCC(=O)Nc2ccccc2SC(F)F)n1-c1ccc(F)cc1)N(C)C. The quantitative estimate of drug-likeness (QED) is 0.431. The molecule has 1 amide bonds. The van der Waals surface area contributed by atoms with Gasteiger partial charge < -0.3 is 5.32 Å². The van der Waals surface area contributed by atoms with Gasteiger partial charge in [0.1, 0.15) is 5.82 Å². The Balaban J connectivity index is 1.79. The minimum absolute atomic E-state index is 0.0106. The average molecular weight is 482 g/mol. The molecule has 32 heavy (non-hydrogen) atoms. The largest absolute Gasteiger partial charge is 0.324 e. The molecular formula is C21H22F3N5OS2. The number of benzene rings is 2. The van der Waals surface area contributed by atoms with Gasteiger partial charge in [-0.2, -0.15) is 8.78 Å². The Labute approximate surface area is 192 Å². The molecule has 1 aromatic heterocycles. The summed E-state index contributed by atoms with van der Waals surface area (Å²) in [6, 6.07) is 12.2. The van der Waals surface area contributed by atoms with Gasteiger partial charge in [-0.3, -0.25) is 14.3 Å². The number of alkyl halides is 2. The molecule has 1 heterocycles. The van der Waals surface area contributed by atoms with Crippen LogP contribution in [0.25, 0.3) is 5.69 Å². The lowest BCUT2D eigenvalue weighted by Gasteiger charge is -2.20. The highest BCUT2D eigenvalue weighted by Crippen LogP contribution is 2.32. The van der Waals surface area contributed by atoms with Crippen molar-refractivity contribution in [3.8, 4) is 5.69 Å². The van der Waals surface area contributed by atoms with Gasteiger partial charge in [0.15, 0.2) is 11.0 Å². The number of aromatic nitrogens is 3. The number of para-hydroxylation sites is 1. The van der Waals surface area contributed by atoms with Crippen LogP contribution in [-0.2, 0) is 4.79 Å². The Bertz CT molecular complexity index is 1060. The van der Waals surface area contributed by atoms with Gasteiger partial charge in [0.05, 0.1) is 17.5 Å². The van der Waals surface area contributed by atoms with Gasteiger partial charge in [-0.25, -0.2) is 4.39 Å². The number of carbonyl (C=O) groups excluding carboxylic acids is 1. The van der Waals surface area contributed by atoms with Crippen molar-refractivity contribution in [3.63, 3.8) is 0 Å². The standard InChI is InChI=1S/C21H22F3N5OS2/c1-13(28(2)3)19-26-27-21(29(19)15-10-8-14(22)9-11-15)31-12-18(30)25-16-6-4-5-7-17(16)32-20(23)24/h4-11,13,20H,12H2,1-3H3,(H,25,30). The zero-order valence-corrected chi connectivity index (χ0v) is 19.3. The first kappa shape index (κ1) is 24.1. The van der Waals surface area contributed by atoms with Gasteiger partial charge in [0.25, 0.3) is 5.76 Å². The Morgan fingerprint density at radius 2 is 1.81 bits per heavy atom. The number of carbonyl (C=O) groups is 1. The fourth-order valence-corrected chi connectivity index (χ4v) is 4.15. The van der Waals surface area contributed by atoms with Crippen molar-refractivity contribution in [1.82, 2.24) is 19.7 Å². The minimum atomic E-state index is -2.59. The molecule has 0 bridgehead atoms. The third-order valence-electron chi connectivity index (χ3n) is 4.60. The highest BCUT2D eigenvalue weighted by atomic mass is 32.2. The van der Waals surface area contributed by atoms with Gasteiger partial charge >= 0.3 is 0 Å². The van der Waals surface area contributed by atoms with E-state index in [4.69, 9.17) is 0 Å². The molecule has 0 fully saturated rings. The van der Waals surface area contributed by atoms with Crippen LogP contribution in [0.1, 0.15) is 18.8 Å². The van der Waals surface area contributed by atoms with Crippen molar-refractivity contribution in [2.24, 2.45) is 0 Å². The van der Waals surface area contributed by atoms with Crippen LogP contribution in [-0.4, -0.2) is 51.2 Å². The van der Waals surface area contributed by atoms with Gasteiger partial charge in [0, 0.05) is 10.6 Å². The van der Waals surface area contributed by atoms with Gasteiger partial charge in [-0.1, -0.05) is 35.7 Å². The maximum absolute atomic E-state index is 13.4. The lowest BCUT2D eigenvalue weighted by Crippen LogP contribution is -2.21. The summed E-state index contributed by atoms with van der Waals surface area (Å²) in [5.41, 5.74) is 0.993. The molecule has 0 saturated carbocycles. The Morgan fingerprint density at radius 1 is 1.12 bits per heavy atom. The molecule has 1 atom stereocenters. The summed E-state index contributed by atoms with van der Waals surface area (Å²) in [5, 5.41) is 11.6. The smallest absolute Gasteiger partial charge is 0.288 e. The predicted octanol–water partition coefficient (Wildman–Crippen LogP) is 5.07. The van der Waals surface area contributed by atoms with E-state index in [0.29, 0.717) is 34.1 Å². The first-order valence-electron chi connectivity index (χ1n) is 9.60. The van der Waals surface area contributed by atoms with Crippen LogP contribution in [0.4, 0.5) is 18.9 Å². The number of nitrogens with zero attached hydrogens (tertiary/aromatic N) is 4. The number of hydrogen-bond donors (Lipinski definition) is 1. The van der Waals surface area contributed by atoms with Crippen LogP contribution in [0.2, 0.25) is 0 Å². The Morgan fingerprint density at radius 3 is 2.47 bits per heavy atom. The number of anilines is 1. The van der Waals surface area contributed by atoms with Crippen molar-refractivity contribution < 1.29 is 18.0 Å². The molecule has 3 aromatic rings. The summed E-state index contributed by atoms with van der Waals surface area (Å²) >= 11 is 1.53. The van der Waals surface area contributed by atoms with Crippen LogP contribution in [0, 0.1) is 5.82 Å². The Hall–Kier alpha value is -2.50. The molecule has 1 unspecified atom stereocenters. The summed E-state index contributed by atoms with van der Waals surface area (Å²) in [6.45, 7) is 1.96. The van der Waals surface area contributed by atoms with E-state index in [2.05, 4.69) is 15.5 Å². The van der Waals surface area contributed by atoms with E-state index in [-0.39, 0.29) is 28.4 Å². The summed E-state index contributed by atoms with van der Waals surface area (Å²) in [4.78, 5) is 14.8. The molecule has 6 nitrogen and oxygen atoms in total. The van der Waals surface area contributed by atoms with E-state index in [1.165, 1.54) is 18.2 Å².